The molecule has 0 atom stereocenters. The first kappa shape index (κ1) is 13.8. The zero-order valence-electron chi connectivity index (χ0n) is 10.1. The smallest absolute Gasteiger partial charge is 0.292 e. The second-order valence-electron chi connectivity index (χ2n) is 3.98. The maximum atomic E-state index is 10.8. The van der Waals surface area contributed by atoms with Gasteiger partial charge in [-0.2, -0.15) is 0 Å². The number of nitrogens with one attached hydrogen (secondary N) is 1. The molecule has 0 saturated carbocycles. The summed E-state index contributed by atoms with van der Waals surface area (Å²) >= 11 is 5.84. The van der Waals surface area contributed by atoms with Crippen molar-refractivity contribution in [2.45, 2.75) is 26.7 Å². The lowest BCUT2D eigenvalue weighted by molar-refractivity contribution is -0.384. The normalized spacial score (nSPS) is 10.6. The van der Waals surface area contributed by atoms with Crippen molar-refractivity contribution in [2.75, 3.05) is 11.9 Å². The molecule has 0 spiro atoms. The molecule has 1 aromatic rings. The molecular weight excluding hydrogens is 240 g/mol. The maximum absolute atomic E-state index is 10.8. The van der Waals surface area contributed by atoms with Crippen LogP contribution in [-0.4, -0.2) is 11.5 Å². The molecule has 1 N–H and O–H groups in total. The molecule has 0 fully saturated rings. The number of hydrogen-bond donors (Lipinski definition) is 1. The maximum Gasteiger partial charge on any atom is 0.292 e. The van der Waals surface area contributed by atoms with Crippen LogP contribution in [0.1, 0.15) is 26.7 Å². The quantitative estimate of drug-likeness (QED) is 0.616. The minimum atomic E-state index is -0.397. The lowest BCUT2D eigenvalue weighted by atomic mass is 10.0. The highest BCUT2D eigenvalue weighted by Gasteiger charge is 2.14. The number of anilines is 1. The summed E-state index contributed by atoms with van der Waals surface area (Å²) in [7, 11) is 0. The van der Waals surface area contributed by atoms with Gasteiger partial charge in [-0.05, 0) is 18.1 Å². The fourth-order valence-corrected chi connectivity index (χ4v) is 1.81. The van der Waals surface area contributed by atoms with Crippen LogP contribution in [-0.2, 0) is 0 Å². The summed E-state index contributed by atoms with van der Waals surface area (Å²) in [6.45, 7) is 4.96. The molecule has 0 radical (unpaired) electrons. The molecule has 0 aromatic heterocycles. The van der Waals surface area contributed by atoms with Crippen LogP contribution < -0.4 is 5.32 Å². The van der Waals surface area contributed by atoms with Gasteiger partial charge in [-0.25, -0.2) is 0 Å². The van der Waals surface area contributed by atoms with E-state index in [1.165, 1.54) is 12.1 Å². The molecule has 17 heavy (non-hydrogen) atoms. The van der Waals surface area contributed by atoms with E-state index in [4.69, 9.17) is 11.6 Å². The Kier molecular flexibility index (Phi) is 5.22. The lowest BCUT2D eigenvalue weighted by Gasteiger charge is -2.14. The summed E-state index contributed by atoms with van der Waals surface area (Å²) in [5.41, 5.74) is 0.565. The Hall–Kier alpha value is -1.29. The molecule has 0 saturated heterocycles. The highest BCUT2D eigenvalue weighted by Crippen LogP contribution is 2.28. The van der Waals surface area contributed by atoms with Crippen molar-refractivity contribution in [1.82, 2.24) is 0 Å². The Labute approximate surface area is 106 Å². The number of rotatable bonds is 6. The Balaban J connectivity index is 2.81. The molecule has 0 aliphatic rings. The van der Waals surface area contributed by atoms with Crippen LogP contribution in [0, 0.1) is 16.0 Å². The largest absolute Gasteiger partial charge is 0.379 e. The Morgan fingerprint density at radius 2 is 2.06 bits per heavy atom. The number of nitrogens with zero attached hydrogens (tertiary/aromatic N) is 1. The monoisotopic (exact) mass is 256 g/mol. The van der Waals surface area contributed by atoms with E-state index in [9.17, 15) is 10.1 Å². The van der Waals surface area contributed by atoms with Crippen LogP contribution in [0.25, 0.3) is 0 Å². The molecule has 0 unspecified atom stereocenters. The summed E-state index contributed by atoms with van der Waals surface area (Å²) in [5, 5.41) is 14.5. The number of nitro groups is 1. The van der Waals surface area contributed by atoms with Gasteiger partial charge in [0.1, 0.15) is 5.69 Å². The average Bonchev–Trinajstić information content (AvgIpc) is 2.30. The van der Waals surface area contributed by atoms with E-state index in [1.807, 2.05) is 0 Å². The molecule has 1 aromatic carbocycles. The second kappa shape index (κ2) is 6.45. The molecule has 0 aliphatic carbocycles. The zero-order valence-corrected chi connectivity index (χ0v) is 10.8. The van der Waals surface area contributed by atoms with Crippen molar-refractivity contribution in [3.05, 3.63) is 33.3 Å². The van der Waals surface area contributed by atoms with Gasteiger partial charge in [-0.3, -0.25) is 10.1 Å². The van der Waals surface area contributed by atoms with Crippen molar-refractivity contribution in [1.29, 1.82) is 0 Å². The standard InChI is InChI=1S/C12H17ClN2O2/c1-3-9(4-2)8-14-11-7-10(13)5-6-12(11)15(16)17/h5-7,9,14H,3-4,8H2,1-2H3. The van der Waals surface area contributed by atoms with Gasteiger partial charge in [-0.1, -0.05) is 38.3 Å². The molecular formula is C12H17ClN2O2. The number of hydrogen-bond acceptors (Lipinski definition) is 3. The van der Waals surface area contributed by atoms with Crippen molar-refractivity contribution in [3.8, 4) is 0 Å². The van der Waals surface area contributed by atoms with Gasteiger partial charge < -0.3 is 5.32 Å². The minimum absolute atomic E-state index is 0.0698. The summed E-state index contributed by atoms with van der Waals surface area (Å²) in [6, 6.07) is 4.56. The van der Waals surface area contributed by atoms with E-state index in [1.54, 1.807) is 6.07 Å². The third kappa shape index (κ3) is 3.89. The molecule has 0 bridgehead atoms. The highest BCUT2D eigenvalue weighted by atomic mass is 35.5. The van der Waals surface area contributed by atoms with Gasteiger partial charge >= 0.3 is 0 Å². The number of benzene rings is 1. The van der Waals surface area contributed by atoms with Gasteiger partial charge in [0, 0.05) is 17.6 Å². The summed E-state index contributed by atoms with van der Waals surface area (Å²) in [5.74, 6) is 0.522. The van der Waals surface area contributed by atoms with Gasteiger partial charge in [0.15, 0.2) is 0 Å². The first-order valence-corrected chi connectivity index (χ1v) is 6.14. The van der Waals surface area contributed by atoms with Crippen LogP contribution in [0.15, 0.2) is 18.2 Å². The van der Waals surface area contributed by atoms with Crippen molar-refractivity contribution in [3.63, 3.8) is 0 Å². The third-order valence-electron chi connectivity index (χ3n) is 2.89. The van der Waals surface area contributed by atoms with Gasteiger partial charge in [0.05, 0.1) is 4.92 Å². The zero-order chi connectivity index (χ0) is 12.8. The Morgan fingerprint density at radius 3 is 2.59 bits per heavy atom. The fourth-order valence-electron chi connectivity index (χ4n) is 1.64. The van der Waals surface area contributed by atoms with Crippen molar-refractivity contribution in [2.24, 2.45) is 5.92 Å². The summed E-state index contributed by atoms with van der Waals surface area (Å²) in [6.07, 6.45) is 2.11. The summed E-state index contributed by atoms with van der Waals surface area (Å²) < 4.78 is 0. The van der Waals surface area contributed by atoms with Gasteiger partial charge in [-0.15, -0.1) is 0 Å². The lowest BCUT2D eigenvalue weighted by Crippen LogP contribution is -2.13. The van der Waals surface area contributed by atoms with E-state index in [2.05, 4.69) is 19.2 Å². The fraction of sp³-hybridized carbons (Fsp3) is 0.500. The Morgan fingerprint density at radius 1 is 1.41 bits per heavy atom. The van der Waals surface area contributed by atoms with Crippen LogP contribution in [0.3, 0.4) is 0 Å². The molecule has 0 aliphatic heterocycles. The molecule has 5 heteroatoms. The third-order valence-corrected chi connectivity index (χ3v) is 3.13. The molecule has 0 heterocycles. The SMILES string of the molecule is CCC(CC)CNc1cc(Cl)ccc1[N+](=O)[O-]. The van der Waals surface area contributed by atoms with Crippen LogP contribution >= 0.6 is 11.6 Å². The van der Waals surface area contributed by atoms with Gasteiger partial charge in [0.2, 0.25) is 0 Å². The van der Waals surface area contributed by atoms with E-state index in [0.29, 0.717) is 16.6 Å². The van der Waals surface area contributed by atoms with Crippen molar-refractivity contribution >= 4 is 23.0 Å². The van der Waals surface area contributed by atoms with E-state index in [0.717, 1.165) is 19.4 Å². The molecule has 1 rings (SSSR count). The summed E-state index contributed by atoms with van der Waals surface area (Å²) in [4.78, 5) is 10.4. The van der Waals surface area contributed by atoms with E-state index in [-0.39, 0.29) is 5.69 Å². The predicted octanol–water partition coefficient (Wildman–Crippen LogP) is 4.10. The van der Waals surface area contributed by atoms with Crippen molar-refractivity contribution < 1.29 is 4.92 Å². The first-order valence-electron chi connectivity index (χ1n) is 5.76. The van der Waals surface area contributed by atoms with Crippen LogP contribution in [0.2, 0.25) is 5.02 Å². The van der Waals surface area contributed by atoms with E-state index < -0.39 is 4.92 Å². The highest BCUT2D eigenvalue weighted by molar-refractivity contribution is 6.31. The van der Waals surface area contributed by atoms with E-state index >= 15 is 0 Å². The number of nitro benzene ring substituents is 1. The van der Waals surface area contributed by atoms with Crippen LogP contribution in [0.4, 0.5) is 11.4 Å². The second-order valence-corrected chi connectivity index (χ2v) is 4.42. The molecule has 94 valence electrons. The first-order chi connectivity index (χ1) is 8.08. The average molecular weight is 257 g/mol. The minimum Gasteiger partial charge on any atom is -0.379 e. The topological polar surface area (TPSA) is 55.2 Å². The predicted molar refractivity (Wildman–Crippen MR) is 70.7 cm³/mol. The molecule has 4 nitrogen and oxygen atoms in total. The molecule has 0 amide bonds. The Bertz CT molecular complexity index is 392. The van der Waals surface area contributed by atoms with Crippen LogP contribution in [0.5, 0.6) is 0 Å². The van der Waals surface area contributed by atoms with Gasteiger partial charge in [0.25, 0.3) is 5.69 Å². The number of halogens is 1.